The number of pyridine rings is 1. The number of likely N-dealkylation sites (N-methyl/N-ethyl adjacent to an activating group) is 1. The molecule has 1 aliphatic rings. The number of ether oxygens (including phenoxy) is 1. The number of amides is 1. The third kappa shape index (κ3) is 3.18. The Morgan fingerprint density at radius 3 is 2.83 bits per heavy atom. The summed E-state index contributed by atoms with van der Waals surface area (Å²) in [5, 5.41) is 0. The van der Waals surface area contributed by atoms with Crippen LogP contribution in [0.5, 0.6) is 0 Å². The largest absolute Gasteiger partial charge is 0.397 e. The molecule has 0 saturated carbocycles. The van der Waals surface area contributed by atoms with Gasteiger partial charge in [-0.05, 0) is 12.1 Å². The minimum Gasteiger partial charge on any atom is -0.397 e. The zero-order valence-corrected chi connectivity index (χ0v) is 10.5. The van der Waals surface area contributed by atoms with Crippen LogP contribution in [0.25, 0.3) is 0 Å². The fraction of sp³-hybridized carbons (Fsp3) is 0.500. The van der Waals surface area contributed by atoms with Gasteiger partial charge in [-0.15, -0.1) is 0 Å². The standard InChI is InChI=1S/C12H18N4O2/c1-15(11-3-2-10(13)8-14-11)12(17)9-16-4-6-18-7-5-16/h2-3,8H,4-7,9,13H2,1H3. The zero-order valence-electron chi connectivity index (χ0n) is 10.5. The molecular formula is C12H18N4O2. The van der Waals surface area contributed by atoms with Gasteiger partial charge in [0.05, 0.1) is 31.6 Å². The molecule has 2 rings (SSSR count). The molecule has 2 N–H and O–H groups in total. The molecule has 2 heterocycles. The maximum absolute atomic E-state index is 12.1. The molecule has 0 atom stereocenters. The highest BCUT2D eigenvalue weighted by molar-refractivity contribution is 5.93. The van der Waals surface area contributed by atoms with E-state index >= 15 is 0 Å². The summed E-state index contributed by atoms with van der Waals surface area (Å²) < 4.78 is 5.25. The molecule has 0 aromatic carbocycles. The Hall–Kier alpha value is -1.66. The van der Waals surface area contributed by atoms with E-state index < -0.39 is 0 Å². The minimum atomic E-state index is 0.0224. The molecule has 1 aromatic rings. The predicted molar refractivity (Wildman–Crippen MR) is 69.3 cm³/mol. The fourth-order valence-corrected chi connectivity index (χ4v) is 1.78. The maximum Gasteiger partial charge on any atom is 0.242 e. The van der Waals surface area contributed by atoms with Gasteiger partial charge in [0.25, 0.3) is 0 Å². The third-order valence-corrected chi connectivity index (χ3v) is 2.95. The van der Waals surface area contributed by atoms with Gasteiger partial charge in [0, 0.05) is 20.1 Å². The minimum absolute atomic E-state index is 0.0224. The Morgan fingerprint density at radius 1 is 1.50 bits per heavy atom. The summed E-state index contributed by atoms with van der Waals surface area (Å²) >= 11 is 0. The summed E-state index contributed by atoms with van der Waals surface area (Å²) in [6.45, 7) is 3.38. The summed E-state index contributed by atoms with van der Waals surface area (Å²) in [5.41, 5.74) is 6.15. The van der Waals surface area contributed by atoms with E-state index in [2.05, 4.69) is 9.88 Å². The van der Waals surface area contributed by atoms with Crippen LogP contribution in [-0.2, 0) is 9.53 Å². The van der Waals surface area contributed by atoms with Crippen LogP contribution in [0.4, 0.5) is 11.5 Å². The number of hydrogen-bond acceptors (Lipinski definition) is 5. The van der Waals surface area contributed by atoms with Crippen LogP contribution in [0.2, 0.25) is 0 Å². The van der Waals surface area contributed by atoms with Gasteiger partial charge in [0.1, 0.15) is 5.82 Å². The number of carbonyl (C=O) groups excluding carboxylic acids is 1. The number of aromatic nitrogens is 1. The van der Waals surface area contributed by atoms with E-state index in [-0.39, 0.29) is 5.91 Å². The Labute approximate surface area is 106 Å². The smallest absolute Gasteiger partial charge is 0.242 e. The van der Waals surface area contributed by atoms with Crippen LogP contribution in [0.1, 0.15) is 0 Å². The van der Waals surface area contributed by atoms with E-state index in [0.29, 0.717) is 31.3 Å². The first-order valence-electron chi connectivity index (χ1n) is 5.95. The predicted octanol–water partition coefficient (Wildman–Crippen LogP) is -0.0412. The van der Waals surface area contributed by atoms with Crippen LogP contribution in [0.3, 0.4) is 0 Å². The highest BCUT2D eigenvalue weighted by Crippen LogP contribution is 2.11. The third-order valence-electron chi connectivity index (χ3n) is 2.95. The quantitative estimate of drug-likeness (QED) is 0.815. The second-order valence-corrected chi connectivity index (χ2v) is 4.29. The normalized spacial score (nSPS) is 16.5. The number of carbonyl (C=O) groups is 1. The first kappa shape index (κ1) is 12.8. The van der Waals surface area contributed by atoms with Crippen molar-refractivity contribution in [2.24, 2.45) is 0 Å². The van der Waals surface area contributed by atoms with Crippen LogP contribution in [-0.4, -0.2) is 55.7 Å². The number of anilines is 2. The SMILES string of the molecule is CN(C(=O)CN1CCOCC1)c1ccc(N)cn1. The van der Waals surface area contributed by atoms with Gasteiger partial charge in [-0.1, -0.05) is 0 Å². The molecular weight excluding hydrogens is 232 g/mol. The van der Waals surface area contributed by atoms with Crippen LogP contribution < -0.4 is 10.6 Å². The van der Waals surface area contributed by atoms with Gasteiger partial charge in [0.2, 0.25) is 5.91 Å². The van der Waals surface area contributed by atoms with E-state index in [0.717, 1.165) is 13.1 Å². The first-order chi connectivity index (χ1) is 8.66. The number of hydrogen-bond donors (Lipinski definition) is 1. The molecule has 0 unspecified atom stereocenters. The van der Waals surface area contributed by atoms with Gasteiger partial charge >= 0.3 is 0 Å². The molecule has 1 saturated heterocycles. The highest BCUT2D eigenvalue weighted by atomic mass is 16.5. The molecule has 1 fully saturated rings. The van der Waals surface area contributed by atoms with Crippen LogP contribution in [0, 0.1) is 0 Å². The number of rotatable bonds is 3. The second kappa shape index (κ2) is 5.79. The van der Waals surface area contributed by atoms with Crippen molar-refractivity contribution in [1.29, 1.82) is 0 Å². The highest BCUT2D eigenvalue weighted by Gasteiger charge is 2.18. The lowest BCUT2D eigenvalue weighted by atomic mass is 10.3. The molecule has 6 nitrogen and oxygen atoms in total. The topological polar surface area (TPSA) is 71.7 Å². The summed E-state index contributed by atoms with van der Waals surface area (Å²) in [6.07, 6.45) is 1.55. The number of nitrogens with zero attached hydrogens (tertiary/aromatic N) is 3. The summed E-state index contributed by atoms with van der Waals surface area (Å²) in [5.74, 6) is 0.636. The van der Waals surface area contributed by atoms with E-state index in [1.54, 1.807) is 30.3 Å². The number of nitrogen functional groups attached to an aromatic ring is 1. The van der Waals surface area contributed by atoms with Crippen molar-refractivity contribution in [2.45, 2.75) is 0 Å². The van der Waals surface area contributed by atoms with Crippen molar-refractivity contribution < 1.29 is 9.53 Å². The number of nitrogens with two attached hydrogens (primary N) is 1. The van der Waals surface area contributed by atoms with Crippen LogP contribution >= 0.6 is 0 Å². The Kier molecular flexibility index (Phi) is 4.11. The summed E-state index contributed by atoms with van der Waals surface area (Å²) in [4.78, 5) is 19.8. The Balaban J connectivity index is 1.93. The van der Waals surface area contributed by atoms with Gasteiger partial charge in [-0.25, -0.2) is 4.98 Å². The molecule has 1 aliphatic heterocycles. The molecule has 1 amide bonds. The molecule has 0 radical (unpaired) electrons. The lowest BCUT2D eigenvalue weighted by molar-refractivity contribution is -0.120. The van der Waals surface area contributed by atoms with Gasteiger partial charge < -0.3 is 10.5 Å². The van der Waals surface area contributed by atoms with Crippen molar-refractivity contribution in [1.82, 2.24) is 9.88 Å². The van der Waals surface area contributed by atoms with Crippen molar-refractivity contribution >= 4 is 17.4 Å². The van der Waals surface area contributed by atoms with Crippen LogP contribution in [0.15, 0.2) is 18.3 Å². The molecule has 0 bridgehead atoms. The summed E-state index contributed by atoms with van der Waals surface area (Å²) in [6, 6.07) is 3.48. The average Bonchev–Trinajstić information content (AvgIpc) is 2.40. The maximum atomic E-state index is 12.1. The molecule has 18 heavy (non-hydrogen) atoms. The van der Waals surface area contributed by atoms with Crippen molar-refractivity contribution in [3.05, 3.63) is 18.3 Å². The van der Waals surface area contributed by atoms with Gasteiger partial charge in [0.15, 0.2) is 0 Å². The van der Waals surface area contributed by atoms with E-state index in [1.807, 2.05) is 0 Å². The lowest BCUT2D eigenvalue weighted by Gasteiger charge is -2.27. The molecule has 98 valence electrons. The fourth-order valence-electron chi connectivity index (χ4n) is 1.78. The average molecular weight is 250 g/mol. The monoisotopic (exact) mass is 250 g/mol. The zero-order chi connectivity index (χ0) is 13.0. The van der Waals surface area contributed by atoms with Gasteiger partial charge in [-0.3, -0.25) is 14.6 Å². The molecule has 6 heteroatoms. The van der Waals surface area contributed by atoms with Crippen molar-refractivity contribution in [3.8, 4) is 0 Å². The Morgan fingerprint density at radius 2 is 2.22 bits per heavy atom. The number of morpholine rings is 1. The molecule has 0 aliphatic carbocycles. The van der Waals surface area contributed by atoms with Crippen molar-refractivity contribution in [3.63, 3.8) is 0 Å². The first-order valence-corrected chi connectivity index (χ1v) is 5.95. The van der Waals surface area contributed by atoms with E-state index in [9.17, 15) is 4.79 Å². The van der Waals surface area contributed by atoms with E-state index in [1.165, 1.54) is 0 Å². The lowest BCUT2D eigenvalue weighted by Crippen LogP contribution is -2.44. The van der Waals surface area contributed by atoms with E-state index in [4.69, 9.17) is 10.5 Å². The van der Waals surface area contributed by atoms with Gasteiger partial charge in [-0.2, -0.15) is 0 Å². The van der Waals surface area contributed by atoms with Crippen molar-refractivity contribution in [2.75, 3.05) is 50.5 Å². The summed E-state index contributed by atoms with van der Waals surface area (Å²) in [7, 11) is 1.72. The molecule has 0 spiro atoms. The molecule has 1 aromatic heterocycles. The second-order valence-electron chi connectivity index (χ2n) is 4.29. The Bertz CT molecular complexity index is 401.